The Labute approximate surface area is 106 Å². The number of hydrogen-bond acceptors (Lipinski definition) is 3. The Balaban J connectivity index is 2.09. The molecule has 1 N–H and O–H groups in total. The number of nitrogens with zero attached hydrogens (tertiary/aromatic N) is 1. The Bertz CT molecular complexity index is 386. The lowest BCUT2D eigenvalue weighted by Gasteiger charge is -2.33. The highest BCUT2D eigenvalue weighted by Crippen LogP contribution is 2.18. The number of halogens is 1. The summed E-state index contributed by atoms with van der Waals surface area (Å²) in [4.78, 5) is 14.1. The normalized spacial score (nSPS) is 20.2. The van der Waals surface area contributed by atoms with Crippen LogP contribution < -0.4 is 5.32 Å². The first kappa shape index (κ1) is 12.5. The minimum atomic E-state index is -0.0758. The minimum absolute atomic E-state index is 0.0758. The van der Waals surface area contributed by atoms with Crippen LogP contribution in [-0.4, -0.2) is 36.5 Å². The molecule has 0 aliphatic carbocycles. The standard InChI is InChI=1S/C12H17ClN2O2/c1-2-15(9-4-3-7-14-8-9)12(16)10-5-6-11(13)17-10/h5-6,9,14H,2-4,7-8H2,1H3. The Hall–Kier alpha value is -1.00. The molecular weight excluding hydrogens is 240 g/mol. The maximum atomic E-state index is 12.2. The SMILES string of the molecule is CCN(C(=O)c1ccc(Cl)o1)C1CCCNC1. The number of rotatable bonds is 3. The van der Waals surface area contributed by atoms with E-state index >= 15 is 0 Å². The number of likely N-dealkylation sites (N-methyl/N-ethyl adjacent to an activating group) is 1. The molecule has 0 spiro atoms. The summed E-state index contributed by atoms with van der Waals surface area (Å²) in [5.74, 6) is 0.246. The van der Waals surface area contributed by atoms with Gasteiger partial charge in [0.1, 0.15) is 0 Å². The molecule has 2 rings (SSSR count). The zero-order valence-electron chi connectivity index (χ0n) is 9.91. The second kappa shape index (κ2) is 5.56. The van der Waals surface area contributed by atoms with Crippen molar-refractivity contribution in [2.45, 2.75) is 25.8 Å². The Morgan fingerprint density at radius 2 is 2.47 bits per heavy atom. The van der Waals surface area contributed by atoms with Crippen molar-refractivity contribution in [1.82, 2.24) is 10.2 Å². The van der Waals surface area contributed by atoms with Gasteiger partial charge in [0.25, 0.3) is 5.91 Å². The highest BCUT2D eigenvalue weighted by atomic mass is 35.5. The first-order chi connectivity index (χ1) is 8.22. The maximum absolute atomic E-state index is 12.2. The molecule has 0 bridgehead atoms. The van der Waals surface area contributed by atoms with E-state index in [0.717, 1.165) is 25.9 Å². The van der Waals surface area contributed by atoms with Crippen LogP contribution in [0.15, 0.2) is 16.5 Å². The average molecular weight is 257 g/mol. The highest BCUT2D eigenvalue weighted by Gasteiger charge is 2.26. The van der Waals surface area contributed by atoms with Crippen LogP contribution in [0.1, 0.15) is 30.3 Å². The van der Waals surface area contributed by atoms with E-state index in [1.807, 2.05) is 11.8 Å². The van der Waals surface area contributed by atoms with Crippen LogP contribution >= 0.6 is 11.6 Å². The molecule has 2 heterocycles. The van der Waals surface area contributed by atoms with Crippen molar-refractivity contribution < 1.29 is 9.21 Å². The van der Waals surface area contributed by atoms with Crippen molar-refractivity contribution in [3.8, 4) is 0 Å². The van der Waals surface area contributed by atoms with Crippen LogP contribution in [0.25, 0.3) is 0 Å². The van der Waals surface area contributed by atoms with Gasteiger partial charge in [-0.1, -0.05) is 0 Å². The molecule has 1 aliphatic heterocycles. The molecule has 0 aromatic carbocycles. The van der Waals surface area contributed by atoms with Crippen LogP contribution in [0.2, 0.25) is 5.22 Å². The van der Waals surface area contributed by atoms with Crippen LogP contribution in [0.4, 0.5) is 0 Å². The number of amides is 1. The van der Waals surface area contributed by atoms with E-state index in [1.165, 1.54) is 0 Å². The first-order valence-corrected chi connectivity index (χ1v) is 6.37. The molecule has 17 heavy (non-hydrogen) atoms. The minimum Gasteiger partial charge on any atom is -0.440 e. The monoisotopic (exact) mass is 256 g/mol. The summed E-state index contributed by atoms with van der Waals surface area (Å²) < 4.78 is 5.17. The largest absolute Gasteiger partial charge is 0.440 e. The van der Waals surface area contributed by atoms with Gasteiger partial charge < -0.3 is 14.6 Å². The maximum Gasteiger partial charge on any atom is 0.289 e. The quantitative estimate of drug-likeness (QED) is 0.901. The second-order valence-electron chi connectivity index (χ2n) is 4.20. The third-order valence-electron chi connectivity index (χ3n) is 3.10. The lowest BCUT2D eigenvalue weighted by molar-refractivity contribution is 0.0630. The van der Waals surface area contributed by atoms with E-state index in [-0.39, 0.29) is 17.2 Å². The van der Waals surface area contributed by atoms with Gasteiger partial charge in [0, 0.05) is 19.1 Å². The molecule has 1 amide bonds. The van der Waals surface area contributed by atoms with Crippen molar-refractivity contribution in [2.24, 2.45) is 0 Å². The van der Waals surface area contributed by atoms with Gasteiger partial charge in [-0.25, -0.2) is 0 Å². The fourth-order valence-electron chi connectivity index (χ4n) is 2.24. The van der Waals surface area contributed by atoms with Gasteiger partial charge in [-0.05, 0) is 50.0 Å². The van der Waals surface area contributed by atoms with Crippen LogP contribution in [0.5, 0.6) is 0 Å². The summed E-state index contributed by atoms with van der Waals surface area (Å²) in [5.41, 5.74) is 0. The molecule has 1 saturated heterocycles. The molecule has 1 unspecified atom stereocenters. The molecule has 5 heteroatoms. The predicted octanol–water partition coefficient (Wildman–Crippen LogP) is 2.15. The number of piperidine rings is 1. The average Bonchev–Trinajstić information content (AvgIpc) is 2.78. The van der Waals surface area contributed by atoms with Crippen molar-refractivity contribution in [3.05, 3.63) is 23.1 Å². The molecular formula is C12H17ClN2O2. The van der Waals surface area contributed by atoms with Gasteiger partial charge in [-0.3, -0.25) is 4.79 Å². The summed E-state index contributed by atoms with van der Waals surface area (Å²) in [5, 5.41) is 3.57. The Kier molecular flexibility index (Phi) is 4.07. The van der Waals surface area contributed by atoms with Gasteiger partial charge in [0.15, 0.2) is 11.0 Å². The first-order valence-electron chi connectivity index (χ1n) is 5.99. The summed E-state index contributed by atoms with van der Waals surface area (Å²) in [6, 6.07) is 3.48. The van der Waals surface area contributed by atoms with Crippen molar-refractivity contribution in [1.29, 1.82) is 0 Å². The lowest BCUT2D eigenvalue weighted by Crippen LogP contribution is -2.48. The van der Waals surface area contributed by atoms with E-state index in [4.69, 9.17) is 16.0 Å². The van der Waals surface area contributed by atoms with Crippen LogP contribution in [0, 0.1) is 0 Å². The van der Waals surface area contributed by atoms with E-state index < -0.39 is 0 Å². The van der Waals surface area contributed by atoms with Crippen LogP contribution in [0.3, 0.4) is 0 Å². The summed E-state index contributed by atoms with van der Waals surface area (Å²) >= 11 is 5.69. The van der Waals surface area contributed by atoms with E-state index in [0.29, 0.717) is 12.3 Å². The lowest BCUT2D eigenvalue weighted by atomic mass is 10.1. The number of hydrogen-bond donors (Lipinski definition) is 1. The molecule has 1 aromatic rings. The fourth-order valence-corrected chi connectivity index (χ4v) is 2.38. The van der Waals surface area contributed by atoms with E-state index in [2.05, 4.69) is 5.32 Å². The molecule has 1 fully saturated rings. The number of furan rings is 1. The molecule has 1 aromatic heterocycles. The van der Waals surface area contributed by atoms with Crippen molar-refractivity contribution in [2.75, 3.05) is 19.6 Å². The Morgan fingerprint density at radius 1 is 1.65 bits per heavy atom. The topological polar surface area (TPSA) is 45.5 Å². The molecule has 4 nitrogen and oxygen atoms in total. The Morgan fingerprint density at radius 3 is 3.00 bits per heavy atom. The fraction of sp³-hybridized carbons (Fsp3) is 0.583. The highest BCUT2D eigenvalue weighted by molar-refractivity contribution is 6.29. The molecule has 1 atom stereocenters. The second-order valence-corrected chi connectivity index (χ2v) is 4.57. The number of carbonyl (C=O) groups is 1. The number of nitrogens with one attached hydrogen (secondary N) is 1. The van der Waals surface area contributed by atoms with Crippen LogP contribution in [-0.2, 0) is 0 Å². The van der Waals surface area contributed by atoms with Gasteiger partial charge in [-0.15, -0.1) is 0 Å². The molecule has 1 aliphatic rings. The third kappa shape index (κ3) is 2.82. The van der Waals surface area contributed by atoms with Gasteiger partial charge in [0.05, 0.1) is 0 Å². The van der Waals surface area contributed by atoms with Crippen molar-refractivity contribution in [3.63, 3.8) is 0 Å². The van der Waals surface area contributed by atoms with Crippen molar-refractivity contribution >= 4 is 17.5 Å². The smallest absolute Gasteiger partial charge is 0.289 e. The summed E-state index contributed by atoms with van der Waals surface area (Å²) in [6.45, 7) is 4.56. The molecule has 0 saturated carbocycles. The molecule has 94 valence electrons. The third-order valence-corrected chi connectivity index (χ3v) is 3.30. The zero-order valence-corrected chi connectivity index (χ0v) is 10.7. The van der Waals surface area contributed by atoms with Gasteiger partial charge in [0.2, 0.25) is 0 Å². The number of carbonyl (C=O) groups excluding carboxylic acids is 1. The predicted molar refractivity (Wildman–Crippen MR) is 66.3 cm³/mol. The van der Waals surface area contributed by atoms with Gasteiger partial charge in [-0.2, -0.15) is 0 Å². The summed E-state index contributed by atoms with van der Waals surface area (Å²) in [7, 11) is 0. The van der Waals surface area contributed by atoms with Gasteiger partial charge >= 0.3 is 0 Å². The zero-order chi connectivity index (χ0) is 12.3. The van der Waals surface area contributed by atoms with E-state index in [9.17, 15) is 4.79 Å². The summed E-state index contributed by atoms with van der Waals surface area (Å²) in [6.07, 6.45) is 2.15. The molecule has 0 radical (unpaired) electrons. The van der Waals surface area contributed by atoms with E-state index in [1.54, 1.807) is 12.1 Å².